The van der Waals surface area contributed by atoms with Crippen molar-refractivity contribution < 1.29 is 9.90 Å². The van der Waals surface area contributed by atoms with Crippen LogP contribution in [-0.4, -0.2) is 40.4 Å². The largest absolute Gasteiger partial charge is 0.386 e. The van der Waals surface area contributed by atoms with E-state index in [1.54, 1.807) is 36.3 Å². The molecule has 1 amide bonds. The summed E-state index contributed by atoms with van der Waals surface area (Å²) in [5.74, 6) is -0.195. The van der Waals surface area contributed by atoms with Crippen LogP contribution >= 0.6 is 0 Å². The first-order valence-electron chi connectivity index (χ1n) is 7.85. The Morgan fingerprint density at radius 2 is 1.96 bits per heavy atom. The third-order valence-corrected chi connectivity index (χ3v) is 3.82. The molecule has 1 unspecified atom stereocenters. The van der Waals surface area contributed by atoms with E-state index in [1.807, 2.05) is 12.1 Å². The molecule has 0 radical (unpaired) electrons. The number of aryl methyl sites for hydroxylation is 1. The number of nitrogens with zero attached hydrogens (tertiary/aromatic N) is 3. The highest BCUT2D eigenvalue weighted by molar-refractivity contribution is 5.94. The van der Waals surface area contributed by atoms with Crippen LogP contribution < -0.4 is 10.2 Å². The molecule has 0 aliphatic heterocycles. The molecule has 1 aromatic carbocycles. The Labute approximate surface area is 136 Å². The summed E-state index contributed by atoms with van der Waals surface area (Å²) in [5, 5.41) is 16.8. The second-order valence-corrected chi connectivity index (χ2v) is 5.39. The average Bonchev–Trinajstić information content (AvgIpc) is 3.00. The van der Waals surface area contributed by atoms with Crippen molar-refractivity contribution in [3.63, 3.8) is 0 Å². The molecule has 0 saturated heterocycles. The van der Waals surface area contributed by atoms with Crippen molar-refractivity contribution >= 4 is 11.6 Å². The normalized spacial score (nSPS) is 12.0. The number of rotatable bonds is 7. The van der Waals surface area contributed by atoms with E-state index in [2.05, 4.69) is 29.2 Å². The third kappa shape index (κ3) is 4.32. The molecule has 1 atom stereocenters. The van der Waals surface area contributed by atoms with E-state index in [0.29, 0.717) is 11.1 Å². The van der Waals surface area contributed by atoms with Crippen molar-refractivity contribution in [2.75, 3.05) is 24.5 Å². The van der Waals surface area contributed by atoms with Gasteiger partial charge in [-0.15, -0.1) is 0 Å². The predicted molar refractivity (Wildman–Crippen MR) is 90.5 cm³/mol. The zero-order valence-corrected chi connectivity index (χ0v) is 13.9. The van der Waals surface area contributed by atoms with Gasteiger partial charge in [0, 0.05) is 49.7 Å². The average molecular weight is 316 g/mol. The number of hydrogen-bond acceptors (Lipinski definition) is 4. The maximum absolute atomic E-state index is 12.1. The molecule has 0 aliphatic rings. The number of aliphatic hydroxyl groups excluding tert-OH is 1. The van der Waals surface area contributed by atoms with Crippen LogP contribution in [0.3, 0.4) is 0 Å². The van der Waals surface area contributed by atoms with Crippen LogP contribution in [0.2, 0.25) is 0 Å². The summed E-state index contributed by atoms with van der Waals surface area (Å²) in [7, 11) is 1.78. The molecule has 2 rings (SSSR count). The van der Waals surface area contributed by atoms with Crippen molar-refractivity contribution in [1.29, 1.82) is 0 Å². The van der Waals surface area contributed by atoms with Gasteiger partial charge in [0.05, 0.1) is 12.3 Å². The lowest BCUT2D eigenvalue weighted by molar-refractivity contribution is 0.0916. The Kier molecular flexibility index (Phi) is 5.76. The molecule has 0 fully saturated rings. The van der Waals surface area contributed by atoms with Gasteiger partial charge in [-0.05, 0) is 38.1 Å². The maximum Gasteiger partial charge on any atom is 0.251 e. The molecule has 2 aromatic rings. The zero-order chi connectivity index (χ0) is 16.8. The highest BCUT2D eigenvalue weighted by atomic mass is 16.3. The number of aliphatic hydroxyl groups is 1. The van der Waals surface area contributed by atoms with Gasteiger partial charge in [-0.2, -0.15) is 5.10 Å². The molecule has 1 heterocycles. The van der Waals surface area contributed by atoms with Crippen LogP contribution in [0.4, 0.5) is 5.69 Å². The monoisotopic (exact) mass is 316 g/mol. The molecule has 0 spiro atoms. The lowest BCUT2D eigenvalue weighted by Crippen LogP contribution is -2.28. The van der Waals surface area contributed by atoms with Gasteiger partial charge in [-0.25, -0.2) is 0 Å². The number of carbonyl (C=O) groups is 1. The van der Waals surface area contributed by atoms with E-state index in [-0.39, 0.29) is 12.5 Å². The number of amides is 1. The minimum absolute atomic E-state index is 0.155. The Morgan fingerprint density at radius 3 is 2.48 bits per heavy atom. The molecule has 6 nitrogen and oxygen atoms in total. The van der Waals surface area contributed by atoms with Gasteiger partial charge in [0.1, 0.15) is 0 Å². The van der Waals surface area contributed by atoms with Crippen LogP contribution in [0.1, 0.15) is 35.9 Å². The molecular weight excluding hydrogens is 292 g/mol. The Bertz CT molecular complexity index is 632. The predicted octanol–water partition coefficient (Wildman–Crippen LogP) is 1.73. The summed E-state index contributed by atoms with van der Waals surface area (Å²) in [4.78, 5) is 14.4. The fraction of sp³-hybridized carbons (Fsp3) is 0.412. The van der Waals surface area contributed by atoms with Crippen LogP contribution in [0, 0.1) is 0 Å². The minimum Gasteiger partial charge on any atom is -0.386 e. The highest BCUT2D eigenvalue weighted by Crippen LogP contribution is 2.15. The van der Waals surface area contributed by atoms with Crippen molar-refractivity contribution in [3.8, 4) is 0 Å². The van der Waals surface area contributed by atoms with E-state index >= 15 is 0 Å². The number of benzene rings is 1. The molecule has 2 N–H and O–H groups in total. The number of nitrogens with one attached hydrogen (secondary N) is 1. The van der Waals surface area contributed by atoms with E-state index < -0.39 is 6.10 Å². The van der Waals surface area contributed by atoms with Gasteiger partial charge in [0.2, 0.25) is 0 Å². The van der Waals surface area contributed by atoms with E-state index in [9.17, 15) is 9.90 Å². The van der Waals surface area contributed by atoms with Gasteiger partial charge in [0.25, 0.3) is 5.91 Å². The van der Waals surface area contributed by atoms with Crippen LogP contribution in [0.25, 0.3) is 0 Å². The smallest absolute Gasteiger partial charge is 0.251 e. The number of anilines is 1. The summed E-state index contributed by atoms with van der Waals surface area (Å²) in [6.45, 7) is 6.22. The summed E-state index contributed by atoms with van der Waals surface area (Å²) in [5.41, 5.74) is 2.37. The van der Waals surface area contributed by atoms with E-state index in [4.69, 9.17) is 0 Å². The molecule has 124 valence electrons. The van der Waals surface area contributed by atoms with Gasteiger partial charge < -0.3 is 15.3 Å². The van der Waals surface area contributed by atoms with E-state index in [1.165, 1.54) is 0 Å². The second kappa shape index (κ2) is 7.78. The van der Waals surface area contributed by atoms with Crippen molar-refractivity contribution in [2.24, 2.45) is 7.05 Å². The van der Waals surface area contributed by atoms with Gasteiger partial charge >= 0.3 is 0 Å². The first kappa shape index (κ1) is 17.0. The van der Waals surface area contributed by atoms with Gasteiger partial charge in [0.15, 0.2) is 0 Å². The Balaban J connectivity index is 1.93. The molecule has 1 aromatic heterocycles. The number of aromatic nitrogens is 2. The summed E-state index contributed by atoms with van der Waals surface area (Å²) in [6, 6.07) is 7.50. The van der Waals surface area contributed by atoms with Crippen LogP contribution in [-0.2, 0) is 7.05 Å². The lowest BCUT2D eigenvalue weighted by Gasteiger charge is -2.21. The first-order chi connectivity index (χ1) is 11.0. The highest BCUT2D eigenvalue weighted by Gasteiger charge is 2.12. The molecule has 23 heavy (non-hydrogen) atoms. The molecule has 0 bridgehead atoms. The minimum atomic E-state index is -0.761. The third-order valence-electron chi connectivity index (χ3n) is 3.82. The van der Waals surface area contributed by atoms with Crippen molar-refractivity contribution in [1.82, 2.24) is 15.1 Å². The molecule has 6 heteroatoms. The SMILES string of the molecule is CCN(CC)c1ccc(C(=O)NCC(O)c2cnn(C)c2)cc1. The van der Waals surface area contributed by atoms with Crippen LogP contribution in [0.15, 0.2) is 36.7 Å². The second-order valence-electron chi connectivity index (χ2n) is 5.39. The Hall–Kier alpha value is -2.34. The molecule has 0 aliphatic carbocycles. The first-order valence-corrected chi connectivity index (χ1v) is 7.85. The summed E-state index contributed by atoms with van der Waals surface area (Å²) in [6.07, 6.45) is 2.56. The van der Waals surface area contributed by atoms with Crippen molar-refractivity contribution in [2.45, 2.75) is 20.0 Å². The number of carbonyl (C=O) groups excluding carboxylic acids is 1. The van der Waals surface area contributed by atoms with Crippen LogP contribution in [0.5, 0.6) is 0 Å². The fourth-order valence-electron chi connectivity index (χ4n) is 2.43. The lowest BCUT2D eigenvalue weighted by atomic mass is 10.1. The van der Waals surface area contributed by atoms with E-state index in [0.717, 1.165) is 18.8 Å². The topological polar surface area (TPSA) is 70.4 Å². The molecular formula is C17H24N4O2. The van der Waals surface area contributed by atoms with Crippen molar-refractivity contribution in [3.05, 3.63) is 47.8 Å². The summed E-state index contributed by atoms with van der Waals surface area (Å²) >= 11 is 0. The molecule has 0 saturated carbocycles. The zero-order valence-electron chi connectivity index (χ0n) is 13.9. The quantitative estimate of drug-likeness (QED) is 0.816. The summed E-state index contributed by atoms with van der Waals surface area (Å²) < 4.78 is 1.62. The van der Waals surface area contributed by atoms with Gasteiger partial charge in [-0.1, -0.05) is 0 Å². The fourth-order valence-corrected chi connectivity index (χ4v) is 2.43. The van der Waals surface area contributed by atoms with Gasteiger partial charge in [-0.3, -0.25) is 9.48 Å². The standard InChI is InChI=1S/C17H24N4O2/c1-4-21(5-2)15-8-6-13(7-9-15)17(23)18-11-16(22)14-10-19-20(3)12-14/h6-10,12,16,22H,4-5,11H2,1-3H3,(H,18,23). The number of hydrogen-bond donors (Lipinski definition) is 2. The Morgan fingerprint density at radius 1 is 1.30 bits per heavy atom. The maximum atomic E-state index is 12.1.